The minimum Gasteiger partial charge on any atom is -0.390 e. The average molecular weight is 244 g/mol. The van der Waals surface area contributed by atoms with Crippen LogP contribution in [0.5, 0.6) is 0 Å². The Bertz CT molecular complexity index is 300. The molecule has 1 heterocycles. The van der Waals surface area contributed by atoms with Crippen LogP contribution >= 0.6 is 0 Å². The molecule has 0 saturated carbocycles. The zero-order chi connectivity index (χ0) is 12.4. The van der Waals surface area contributed by atoms with Crippen LogP contribution in [0.4, 0.5) is 0 Å². The van der Waals surface area contributed by atoms with Gasteiger partial charge in [-0.05, 0) is 27.2 Å². The van der Waals surface area contributed by atoms with Crippen LogP contribution in [0.25, 0.3) is 0 Å². The summed E-state index contributed by atoms with van der Waals surface area (Å²) in [6, 6.07) is 1.09. The first-order valence-corrected chi connectivity index (χ1v) is 7.24. The highest BCUT2D eigenvalue weighted by Crippen LogP contribution is 2.45. The zero-order valence-electron chi connectivity index (χ0n) is 10.5. The van der Waals surface area contributed by atoms with E-state index < -0.39 is 23.0 Å². The summed E-state index contributed by atoms with van der Waals surface area (Å²) in [4.78, 5) is 23.5. The predicted molar refractivity (Wildman–Crippen MR) is 63.2 cm³/mol. The second kappa shape index (κ2) is 4.67. The molecular weight excluding hydrogens is 224 g/mol. The number of esters is 2. The Labute approximate surface area is 99.1 Å². The van der Waals surface area contributed by atoms with E-state index in [2.05, 4.69) is 0 Å². The van der Waals surface area contributed by atoms with Gasteiger partial charge in [-0.2, -0.15) is 0 Å². The Morgan fingerprint density at radius 2 is 1.94 bits per heavy atom. The van der Waals surface area contributed by atoms with Gasteiger partial charge in [0, 0.05) is 16.8 Å². The fraction of sp³-hybridized carbons (Fsp3) is 0.818. The van der Waals surface area contributed by atoms with Crippen molar-refractivity contribution in [3.8, 4) is 0 Å². The Hall–Kier alpha value is -0.683. The van der Waals surface area contributed by atoms with E-state index in [0.717, 1.165) is 22.7 Å². The summed E-state index contributed by atoms with van der Waals surface area (Å²) in [5.41, 5.74) is -1.94. The average Bonchev–Trinajstić information content (AvgIpc) is 2.37. The van der Waals surface area contributed by atoms with E-state index >= 15 is 0 Å². The van der Waals surface area contributed by atoms with Crippen molar-refractivity contribution >= 4 is 22.2 Å². The molecule has 0 bridgehead atoms. The van der Waals surface area contributed by atoms with Crippen LogP contribution in [-0.4, -0.2) is 34.4 Å². The highest BCUT2D eigenvalue weighted by molar-refractivity contribution is 6.08. The molecule has 16 heavy (non-hydrogen) atoms. The van der Waals surface area contributed by atoms with E-state index in [0.29, 0.717) is 13.0 Å². The number of cyclic esters (lactones) is 2. The Kier molecular flexibility index (Phi) is 3.91. The van der Waals surface area contributed by atoms with E-state index in [9.17, 15) is 9.59 Å². The van der Waals surface area contributed by atoms with Crippen molar-refractivity contribution in [3.05, 3.63) is 0 Å². The van der Waals surface area contributed by atoms with Gasteiger partial charge in [0.25, 0.3) is 0 Å². The number of ether oxygens (including phenoxy) is 2. The highest BCUT2D eigenvalue weighted by Gasteiger charge is 2.64. The lowest BCUT2D eigenvalue weighted by Gasteiger charge is -2.34. The van der Waals surface area contributed by atoms with Crippen LogP contribution in [0.2, 0.25) is 6.04 Å². The molecule has 0 spiro atoms. The van der Waals surface area contributed by atoms with Crippen molar-refractivity contribution in [2.45, 2.75) is 45.3 Å². The van der Waals surface area contributed by atoms with Crippen molar-refractivity contribution in [1.29, 1.82) is 0 Å². The fourth-order valence-corrected chi connectivity index (χ4v) is 2.47. The van der Waals surface area contributed by atoms with Gasteiger partial charge < -0.3 is 9.47 Å². The molecule has 5 heteroatoms. The number of carbonyl (C=O) groups is 2. The lowest BCUT2D eigenvalue weighted by atomic mass is 9.74. The van der Waals surface area contributed by atoms with Crippen molar-refractivity contribution in [2.24, 2.45) is 5.41 Å². The zero-order valence-corrected chi connectivity index (χ0v) is 12.5. The van der Waals surface area contributed by atoms with Gasteiger partial charge >= 0.3 is 11.9 Å². The lowest BCUT2D eigenvalue weighted by Crippen LogP contribution is -2.50. The molecule has 1 saturated heterocycles. The van der Waals surface area contributed by atoms with Crippen LogP contribution in [0, 0.1) is 5.41 Å². The van der Waals surface area contributed by atoms with E-state index in [1.54, 1.807) is 13.8 Å². The predicted octanol–water partition coefficient (Wildman–Crippen LogP) is 0.435. The summed E-state index contributed by atoms with van der Waals surface area (Å²) >= 11 is 0. The Balaban J connectivity index is 3.05. The van der Waals surface area contributed by atoms with Gasteiger partial charge in [0.05, 0.1) is 0 Å². The standard InChI is InChI=1S/C11H20O4Si/c1-4-14-11(6-5-7-16)9(13)15-8(12)10(11,2)3/h4-7H2,1-3,16H3. The molecule has 1 fully saturated rings. The van der Waals surface area contributed by atoms with Crippen LogP contribution in [0.15, 0.2) is 0 Å². The maximum absolute atomic E-state index is 11.9. The third-order valence-electron chi connectivity index (χ3n) is 3.31. The molecule has 1 unspecified atom stereocenters. The summed E-state index contributed by atoms with van der Waals surface area (Å²) in [5.74, 6) is -0.987. The van der Waals surface area contributed by atoms with Crippen LogP contribution in [0.1, 0.15) is 33.6 Å². The van der Waals surface area contributed by atoms with Gasteiger partial charge in [0.1, 0.15) is 5.41 Å². The van der Waals surface area contributed by atoms with Crippen LogP contribution in [-0.2, 0) is 19.1 Å². The lowest BCUT2D eigenvalue weighted by molar-refractivity contribution is -0.165. The Morgan fingerprint density at radius 3 is 2.31 bits per heavy atom. The quantitative estimate of drug-likeness (QED) is 0.400. The highest BCUT2D eigenvalue weighted by atomic mass is 28.1. The normalized spacial score (nSPS) is 28.4. The Morgan fingerprint density at radius 1 is 1.31 bits per heavy atom. The van der Waals surface area contributed by atoms with Gasteiger partial charge in [0.15, 0.2) is 5.60 Å². The topological polar surface area (TPSA) is 52.6 Å². The molecule has 0 aromatic heterocycles. The SMILES string of the molecule is CCOC1(CCC[SiH3])C(=O)OC(=O)C1(C)C. The first-order valence-electron chi connectivity index (χ1n) is 5.83. The van der Waals surface area contributed by atoms with Gasteiger partial charge in [0.2, 0.25) is 0 Å². The second-order valence-corrected chi connectivity index (χ2v) is 5.67. The van der Waals surface area contributed by atoms with E-state index in [1.807, 2.05) is 6.92 Å². The van der Waals surface area contributed by atoms with Gasteiger partial charge in [-0.15, -0.1) is 0 Å². The van der Waals surface area contributed by atoms with Gasteiger partial charge in [-0.25, -0.2) is 4.79 Å². The maximum atomic E-state index is 11.9. The van der Waals surface area contributed by atoms with Gasteiger partial charge in [-0.3, -0.25) is 4.79 Å². The molecule has 1 aliphatic rings. The second-order valence-electron chi connectivity index (χ2n) is 4.67. The molecule has 1 aliphatic heterocycles. The minimum atomic E-state index is -1.07. The summed E-state index contributed by atoms with van der Waals surface area (Å²) in [5, 5.41) is 0. The molecule has 0 aromatic rings. The van der Waals surface area contributed by atoms with E-state index in [1.165, 1.54) is 0 Å². The molecule has 0 radical (unpaired) electrons. The van der Waals surface area contributed by atoms with Crippen molar-refractivity contribution in [3.63, 3.8) is 0 Å². The molecule has 0 aromatic carbocycles. The first kappa shape index (κ1) is 13.4. The maximum Gasteiger partial charge on any atom is 0.347 e. The number of hydrogen-bond donors (Lipinski definition) is 0. The molecule has 0 N–H and O–H groups in total. The monoisotopic (exact) mass is 244 g/mol. The summed E-state index contributed by atoms with van der Waals surface area (Å²) in [6.45, 7) is 5.69. The molecule has 4 nitrogen and oxygen atoms in total. The third kappa shape index (κ3) is 1.82. The molecule has 92 valence electrons. The van der Waals surface area contributed by atoms with Crippen LogP contribution < -0.4 is 0 Å². The van der Waals surface area contributed by atoms with E-state index in [-0.39, 0.29) is 0 Å². The summed E-state index contributed by atoms with van der Waals surface area (Å²) < 4.78 is 10.4. The largest absolute Gasteiger partial charge is 0.390 e. The molecule has 0 amide bonds. The minimum absolute atomic E-state index is 0.410. The number of carbonyl (C=O) groups excluding carboxylic acids is 2. The summed E-state index contributed by atoms with van der Waals surface area (Å²) in [6.07, 6.45) is 1.47. The first-order chi connectivity index (χ1) is 7.42. The molecule has 0 aliphatic carbocycles. The van der Waals surface area contributed by atoms with Crippen LogP contribution in [0.3, 0.4) is 0 Å². The molecular formula is C11H20O4Si. The third-order valence-corrected chi connectivity index (χ3v) is 4.02. The fourth-order valence-electron chi connectivity index (χ4n) is 2.11. The number of rotatable bonds is 5. The smallest absolute Gasteiger partial charge is 0.347 e. The van der Waals surface area contributed by atoms with E-state index in [4.69, 9.17) is 9.47 Å². The molecule has 1 atom stereocenters. The van der Waals surface area contributed by atoms with Gasteiger partial charge in [-0.1, -0.05) is 12.5 Å². The van der Waals surface area contributed by atoms with Crippen molar-refractivity contribution < 1.29 is 19.1 Å². The van der Waals surface area contributed by atoms with Crippen molar-refractivity contribution in [2.75, 3.05) is 6.61 Å². The van der Waals surface area contributed by atoms with Crippen molar-refractivity contribution in [1.82, 2.24) is 0 Å². The molecule has 1 rings (SSSR count). The number of hydrogen-bond acceptors (Lipinski definition) is 4. The summed E-state index contributed by atoms with van der Waals surface area (Å²) in [7, 11) is 1.09.